The van der Waals surface area contributed by atoms with Crippen LogP contribution >= 0.6 is 0 Å². The molecule has 1 aliphatic rings. The fraction of sp³-hybridized carbons (Fsp3) is 0.0690. The Bertz CT molecular complexity index is 3450. The zero-order valence-electron chi connectivity index (χ0n) is 32.7. The molecule has 0 bridgehead atoms. The Kier molecular flexibility index (Phi) is 7.14. The quantitative estimate of drug-likeness (QED) is 0.125. The summed E-state index contributed by atoms with van der Waals surface area (Å²) in [7, 11) is 0. The zero-order valence-corrected chi connectivity index (χ0v) is 32.7. The molecule has 0 nitrogen and oxygen atoms in total. The number of hydrogen-bond donors (Lipinski definition) is 0. The van der Waals surface area contributed by atoms with Gasteiger partial charge in [-0.1, -0.05) is 202 Å². The molecule has 0 saturated heterocycles. The van der Waals surface area contributed by atoms with Crippen LogP contribution < -0.4 is 0 Å². The largest absolute Gasteiger partial charge is 0.0616 e. The highest BCUT2D eigenvalue weighted by atomic mass is 14.4. The second kappa shape index (κ2) is 12.5. The van der Waals surface area contributed by atoms with E-state index >= 15 is 0 Å². The Morgan fingerprint density at radius 1 is 0.328 bits per heavy atom. The molecule has 0 spiro atoms. The fourth-order valence-electron chi connectivity index (χ4n) is 10.9. The van der Waals surface area contributed by atoms with Crippen molar-refractivity contribution < 1.29 is 0 Å². The van der Waals surface area contributed by atoms with Crippen LogP contribution in [0.3, 0.4) is 0 Å². The third-order valence-corrected chi connectivity index (χ3v) is 13.2. The van der Waals surface area contributed by atoms with Gasteiger partial charge < -0.3 is 0 Å². The highest BCUT2D eigenvalue weighted by molar-refractivity contribution is 6.21. The van der Waals surface area contributed by atoms with Gasteiger partial charge in [0, 0.05) is 5.41 Å². The van der Waals surface area contributed by atoms with E-state index in [1.54, 1.807) is 0 Å². The summed E-state index contributed by atoms with van der Waals surface area (Å²) < 4.78 is 0. The molecule has 0 N–H and O–H groups in total. The van der Waals surface area contributed by atoms with Crippen molar-refractivity contribution in [1.29, 1.82) is 0 Å². The van der Waals surface area contributed by atoms with Crippen molar-refractivity contribution >= 4 is 64.6 Å². The maximum atomic E-state index is 2.45. The first kappa shape index (κ1) is 33.2. The van der Waals surface area contributed by atoms with Gasteiger partial charge in [-0.05, 0) is 133 Å². The number of benzene rings is 11. The van der Waals surface area contributed by atoms with E-state index in [9.17, 15) is 0 Å². The highest BCUT2D eigenvalue weighted by Crippen LogP contribution is 2.58. The highest BCUT2D eigenvalue weighted by Gasteiger charge is 2.40. The summed E-state index contributed by atoms with van der Waals surface area (Å²) in [5, 5.41) is 15.8. The molecule has 0 amide bonds. The lowest BCUT2D eigenvalue weighted by atomic mass is 9.75. The summed E-state index contributed by atoms with van der Waals surface area (Å²) in [6.07, 6.45) is 0.836. The van der Waals surface area contributed by atoms with E-state index < -0.39 is 0 Å². The molecule has 0 fully saturated rings. The molecule has 0 heterocycles. The minimum Gasteiger partial charge on any atom is -0.0616 e. The molecule has 0 aromatic heterocycles. The summed E-state index contributed by atoms with van der Waals surface area (Å²) in [4.78, 5) is 0. The summed E-state index contributed by atoms with van der Waals surface area (Å²) >= 11 is 0. The van der Waals surface area contributed by atoms with Gasteiger partial charge in [-0.2, -0.15) is 0 Å². The van der Waals surface area contributed by atoms with E-state index in [0.29, 0.717) is 0 Å². The first-order chi connectivity index (χ1) is 28.6. The molecule has 1 aliphatic carbocycles. The summed E-state index contributed by atoms with van der Waals surface area (Å²) in [5.41, 5.74) is 13.3. The SMILES string of the molecule is CC1(C)c2c(-c3c4ccccc4c(Cc4cccc(-c5cc6ccccc6c6ccccc56)c4)c4ccccc34)cccc2-c2c1c1ccccc1c1ccccc21. The molecule has 0 radical (unpaired) electrons. The topological polar surface area (TPSA) is 0 Å². The van der Waals surface area contributed by atoms with E-state index in [1.807, 2.05) is 0 Å². The van der Waals surface area contributed by atoms with Crippen molar-refractivity contribution in [2.75, 3.05) is 0 Å². The third kappa shape index (κ3) is 4.69. The Hall–Kier alpha value is -7.02. The smallest absolute Gasteiger partial charge is 0.0171 e. The predicted octanol–water partition coefficient (Wildman–Crippen LogP) is 15.8. The van der Waals surface area contributed by atoms with E-state index in [-0.39, 0.29) is 5.41 Å². The van der Waals surface area contributed by atoms with Gasteiger partial charge >= 0.3 is 0 Å². The number of rotatable bonds is 4. The van der Waals surface area contributed by atoms with Crippen LogP contribution in [0.15, 0.2) is 194 Å². The molecule has 0 atom stereocenters. The van der Waals surface area contributed by atoms with Crippen LogP contribution in [-0.4, -0.2) is 0 Å². The fourth-order valence-corrected chi connectivity index (χ4v) is 10.9. The van der Waals surface area contributed by atoms with E-state index in [2.05, 4.69) is 208 Å². The normalized spacial score (nSPS) is 13.2. The first-order valence-corrected chi connectivity index (χ1v) is 20.6. The molecule has 0 aliphatic heterocycles. The molecule has 0 unspecified atom stereocenters. The summed E-state index contributed by atoms with van der Waals surface area (Å²) in [6, 6.07) is 72.6. The summed E-state index contributed by atoms with van der Waals surface area (Å²) in [5.74, 6) is 0. The lowest BCUT2D eigenvalue weighted by Crippen LogP contribution is -2.17. The lowest BCUT2D eigenvalue weighted by Gasteiger charge is -2.27. The van der Waals surface area contributed by atoms with E-state index in [0.717, 1.165) is 6.42 Å². The molecule has 11 aromatic carbocycles. The van der Waals surface area contributed by atoms with Crippen LogP contribution in [0.25, 0.3) is 98.0 Å². The van der Waals surface area contributed by atoms with Crippen LogP contribution in [0, 0.1) is 0 Å². The maximum absolute atomic E-state index is 2.45. The van der Waals surface area contributed by atoms with Crippen molar-refractivity contribution in [3.05, 3.63) is 216 Å². The molecule has 0 saturated carbocycles. The van der Waals surface area contributed by atoms with Crippen LogP contribution in [0.4, 0.5) is 0 Å². The minimum atomic E-state index is -0.223. The average molecular weight is 737 g/mol. The molecular weight excluding hydrogens is 697 g/mol. The third-order valence-electron chi connectivity index (χ3n) is 13.2. The van der Waals surface area contributed by atoms with Crippen molar-refractivity contribution in [3.63, 3.8) is 0 Å². The van der Waals surface area contributed by atoms with Gasteiger partial charge in [-0.25, -0.2) is 0 Å². The van der Waals surface area contributed by atoms with Crippen LogP contribution in [0.5, 0.6) is 0 Å². The standard InChI is InChI=1S/C58H40/c1-58(2)56-50(31-16-32-51(56)55-48-29-13-7-22-41(48)42-23-10-14-30-49(42)57(55)58)54-46-27-11-8-25-44(46)53(45-26-9-12-28-47(45)54)34-36-17-15-19-37(33-36)52-35-38-18-3-4-20-39(38)40-21-5-6-24-43(40)52/h3-33,35H,34H2,1-2H3. The number of hydrogen-bond acceptors (Lipinski definition) is 0. The van der Waals surface area contributed by atoms with Crippen molar-refractivity contribution in [3.8, 4) is 33.4 Å². The van der Waals surface area contributed by atoms with Crippen LogP contribution in [0.1, 0.15) is 36.1 Å². The molecule has 0 heteroatoms. The Morgan fingerprint density at radius 2 is 0.793 bits per heavy atom. The van der Waals surface area contributed by atoms with Crippen molar-refractivity contribution in [2.45, 2.75) is 25.7 Å². The second-order valence-electron chi connectivity index (χ2n) is 16.7. The monoisotopic (exact) mass is 736 g/mol. The first-order valence-electron chi connectivity index (χ1n) is 20.6. The van der Waals surface area contributed by atoms with Gasteiger partial charge in [0.25, 0.3) is 0 Å². The molecular formula is C58H40. The van der Waals surface area contributed by atoms with Gasteiger partial charge in [0.2, 0.25) is 0 Å². The van der Waals surface area contributed by atoms with E-state index in [4.69, 9.17) is 0 Å². The molecule has 58 heavy (non-hydrogen) atoms. The Balaban J connectivity index is 1.07. The van der Waals surface area contributed by atoms with Gasteiger partial charge in [-0.15, -0.1) is 0 Å². The summed E-state index contributed by atoms with van der Waals surface area (Å²) in [6.45, 7) is 4.90. The minimum absolute atomic E-state index is 0.223. The molecule has 12 rings (SSSR count). The van der Waals surface area contributed by atoms with Crippen molar-refractivity contribution in [1.82, 2.24) is 0 Å². The van der Waals surface area contributed by atoms with Crippen LogP contribution in [-0.2, 0) is 11.8 Å². The van der Waals surface area contributed by atoms with Gasteiger partial charge in [0.1, 0.15) is 0 Å². The second-order valence-corrected chi connectivity index (χ2v) is 16.7. The average Bonchev–Trinajstić information content (AvgIpc) is 3.53. The van der Waals surface area contributed by atoms with E-state index in [1.165, 1.54) is 120 Å². The lowest BCUT2D eigenvalue weighted by molar-refractivity contribution is 0.668. The maximum Gasteiger partial charge on any atom is 0.0171 e. The van der Waals surface area contributed by atoms with Gasteiger partial charge in [-0.3, -0.25) is 0 Å². The Morgan fingerprint density at radius 3 is 1.45 bits per heavy atom. The zero-order chi connectivity index (χ0) is 38.5. The predicted molar refractivity (Wildman–Crippen MR) is 249 cm³/mol. The number of fused-ring (bicyclic) bond motifs is 13. The van der Waals surface area contributed by atoms with Gasteiger partial charge in [0.05, 0.1) is 0 Å². The molecule has 11 aromatic rings. The Labute approximate surface area is 338 Å². The van der Waals surface area contributed by atoms with Gasteiger partial charge in [0.15, 0.2) is 0 Å². The van der Waals surface area contributed by atoms with Crippen molar-refractivity contribution in [2.24, 2.45) is 0 Å². The van der Waals surface area contributed by atoms with Crippen LogP contribution in [0.2, 0.25) is 0 Å². The molecule has 272 valence electrons.